The Balaban J connectivity index is 1.76. The number of rotatable bonds is 2. The van der Waals surface area contributed by atoms with E-state index in [9.17, 15) is 5.26 Å². The lowest BCUT2D eigenvalue weighted by Crippen LogP contribution is -2.31. The predicted octanol–water partition coefficient (Wildman–Crippen LogP) is 1.91. The number of nitriles is 1. The van der Waals surface area contributed by atoms with Gasteiger partial charge in [0.25, 0.3) is 0 Å². The van der Waals surface area contributed by atoms with Gasteiger partial charge in [-0.1, -0.05) is 5.16 Å². The number of aromatic nitrogens is 5. The normalized spacial score (nSPS) is 13.6. The second kappa shape index (κ2) is 5.45. The zero-order valence-electron chi connectivity index (χ0n) is 13.4. The summed E-state index contributed by atoms with van der Waals surface area (Å²) >= 11 is 0. The maximum atomic E-state index is 9.26. The molecule has 0 aromatic carbocycles. The Morgan fingerprint density at radius 1 is 1.29 bits per heavy atom. The van der Waals surface area contributed by atoms with Gasteiger partial charge in [0.1, 0.15) is 17.5 Å². The molecule has 1 aliphatic rings. The SMILES string of the molecule is Cc1noc(C)c1-c1n[nH]c2c1CN(c1nccnc1C#N)CC2. The third-order valence-corrected chi connectivity index (χ3v) is 4.29. The smallest absolute Gasteiger partial charge is 0.183 e. The molecule has 0 radical (unpaired) electrons. The summed E-state index contributed by atoms with van der Waals surface area (Å²) in [5.41, 5.74) is 5.12. The minimum Gasteiger partial charge on any atom is -0.361 e. The largest absolute Gasteiger partial charge is 0.361 e. The van der Waals surface area contributed by atoms with Crippen LogP contribution >= 0.6 is 0 Å². The van der Waals surface area contributed by atoms with E-state index >= 15 is 0 Å². The Morgan fingerprint density at radius 2 is 2.12 bits per heavy atom. The first-order valence-electron chi connectivity index (χ1n) is 7.64. The second-order valence-corrected chi connectivity index (χ2v) is 5.74. The summed E-state index contributed by atoms with van der Waals surface area (Å²) in [4.78, 5) is 10.5. The van der Waals surface area contributed by atoms with Crippen LogP contribution in [0.1, 0.15) is 28.4 Å². The highest BCUT2D eigenvalue weighted by Crippen LogP contribution is 2.33. The number of nitrogens with zero attached hydrogens (tertiary/aromatic N) is 6. The average Bonchev–Trinajstić information content (AvgIpc) is 3.17. The maximum absolute atomic E-state index is 9.26. The molecule has 0 amide bonds. The highest BCUT2D eigenvalue weighted by molar-refractivity contribution is 5.69. The molecule has 0 fully saturated rings. The van der Waals surface area contributed by atoms with E-state index in [0.29, 0.717) is 18.1 Å². The lowest BCUT2D eigenvalue weighted by atomic mass is 10.00. The van der Waals surface area contributed by atoms with E-state index in [0.717, 1.165) is 46.9 Å². The predicted molar refractivity (Wildman–Crippen MR) is 85.1 cm³/mol. The van der Waals surface area contributed by atoms with E-state index in [1.807, 2.05) is 13.8 Å². The minimum absolute atomic E-state index is 0.336. The van der Waals surface area contributed by atoms with Crippen LogP contribution < -0.4 is 4.90 Å². The molecule has 0 unspecified atom stereocenters. The van der Waals surface area contributed by atoms with Crippen LogP contribution in [-0.2, 0) is 13.0 Å². The van der Waals surface area contributed by atoms with Crippen molar-refractivity contribution < 1.29 is 4.52 Å². The Labute approximate surface area is 138 Å². The van der Waals surface area contributed by atoms with Crippen molar-refractivity contribution >= 4 is 5.82 Å². The molecule has 0 saturated carbocycles. The van der Waals surface area contributed by atoms with Crippen LogP contribution in [0.3, 0.4) is 0 Å². The van der Waals surface area contributed by atoms with E-state index in [2.05, 4.69) is 36.3 Å². The lowest BCUT2D eigenvalue weighted by molar-refractivity contribution is 0.393. The van der Waals surface area contributed by atoms with Crippen LogP contribution in [-0.4, -0.2) is 31.9 Å². The molecule has 24 heavy (non-hydrogen) atoms. The van der Waals surface area contributed by atoms with Crippen LogP contribution in [0.5, 0.6) is 0 Å². The Bertz CT molecular complexity index is 930. The molecule has 4 rings (SSSR count). The zero-order chi connectivity index (χ0) is 16.7. The van der Waals surface area contributed by atoms with E-state index in [4.69, 9.17) is 4.52 Å². The van der Waals surface area contributed by atoms with Gasteiger partial charge in [-0.3, -0.25) is 5.10 Å². The van der Waals surface area contributed by atoms with Crippen molar-refractivity contribution in [1.82, 2.24) is 25.3 Å². The van der Waals surface area contributed by atoms with Crippen LogP contribution in [0.4, 0.5) is 5.82 Å². The van der Waals surface area contributed by atoms with Crippen LogP contribution in [0.2, 0.25) is 0 Å². The molecule has 4 heterocycles. The van der Waals surface area contributed by atoms with E-state index < -0.39 is 0 Å². The molecule has 8 nitrogen and oxygen atoms in total. The fraction of sp³-hybridized carbons (Fsp3) is 0.312. The number of H-pyrrole nitrogens is 1. The van der Waals surface area contributed by atoms with Crippen molar-refractivity contribution in [3.05, 3.63) is 40.8 Å². The molecule has 3 aromatic rings. The standard InChI is InChI=1S/C16H15N7O/c1-9-14(10(2)24-22-9)15-11-8-23(6-3-12(11)20-21-15)16-13(7-17)18-4-5-19-16/h4-5H,3,6,8H2,1-2H3,(H,20,21). The third kappa shape index (κ3) is 2.13. The quantitative estimate of drug-likeness (QED) is 0.768. The summed E-state index contributed by atoms with van der Waals surface area (Å²) in [6.45, 7) is 5.15. The molecular weight excluding hydrogens is 306 g/mol. The third-order valence-electron chi connectivity index (χ3n) is 4.29. The molecule has 8 heteroatoms. The van der Waals surface area contributed by atoms with Crippen LogP contribution in [0.25, 0.3) is 11.3 Å². The summed E-state index contributed by atoms with van der Waals surface area (Å²) in [5.74, 6) is 1.35. The first-order chi connectivity index (χ1) is 11.7. The second-order valence-electron chi connectivity index (χ2n) is 5.74. The number of hydrogen-bond donors (Lipinski definition) is 1. The molecular formula is C16H15N7O. The van der Waals surface area contributed by atoms with Gasteiger partial charge in [0.2, 0.25) is 0 Å². The molecule has 0 bridgehead atoms. The van der Waals surface area contributed by atoms with Crippen molar-refractivity contribution in [3.63, 3.8) is 0 Å². The Kier molecular flexibility index (Phi) is 3.27. The van der Waals surface area contributed by atoms with Gasteiger partial charge in [0, 0.05) is 43.2 Å². The first kappa shape index (κ1) is 14.4. The topological polar surface area (TPSA) is 108 Å². The van der Waals surface area contributed by atoms with Crippen LogP contribution in [0, 0.1) is 25.2 Å². The van der Waals surface area contributed by atoms with E-state index in [1.165, 1.54) is 6.20 Å². The van der Waals surface area contributed by atoms with Crippen LogP contribution in [0.15, 0.2) is 16.9 Å². The van der Waals surface area contributed by atoms with E-state index in [-0.39, 0.29) is 0 Å². The van der Waals surface area contributed by atoms with Gasteiger partial charge in [0.05, 0.1) is 11.3 Å². The minimum atomic E-state index is 0.336. The summed E-state index contributed by atoms with van der Waals surface area (Å²) in [5, 5.41) is 20.9. The van der Waals surface area contributed by atoms with Gasteiger partial charge in [-0.05, 0) is 13.8 Å². The molecule has 0 aliphatic carbocycles. The maximum Gasteiger partial charge on any atom is 0.183 e. The van der Waals surface area contributed by atoms with Gasteiger partial charge in [-0.2, -0.15) is 10.4 Å². The summed E-state index contributed by atoms with van der Waals surface area (Å²) < 4.78 is 5.28. The van der Waals surface area contributed by atoms with Crippen molar-refractivity contribution in [1.29, 1.82) is 5.26 Å². The summed E-state index contributed by atoms with van der Waals surface area (Å²) in [6, 6.07) is 2.11. The Morgan fingerprint density at radius 3 is 2.88 bits per heavy atom. The Hall–Kier alpha value is -3.21. The monoisotopic (exact) mass is 321 g/mol. The molecule has 0 atom stereocenters. The molecule has 120 valence electrons. The van der Waals surface area contributed by atoms with Crippen molar-refractivity contribution in [2.45, 2.75) is 26.8 Å². The number of aryl methyl sites for hydroxylation is 2. The molecule has 3 aromatic heterocycles. The number of aromatic amines is 1. The molecule has 1 aliphatic heterocycles. The molecule has 0 spiro atoms. The fourth-order valence-electron chi connectivity index (χ4n) is 3.14. The number of fused-ring (bicyclic) bond motifs is 1. The summed E-state index contributed by atoms with van der Waals surface area (Å²) in [7, 11) is 0. The van der Waals surface area contributed by atoms with Gasteiger partial charge in [-0.15, -0.1) is 0 Å². The van der Waals surface area contributed by atoms with E-state index in [1.54, 1.807) is 6.20 Å². The van der Waals surface area contributed by atoms with Crippen molar-refractivity contribution in [2.24, 2.45) is 0 Å². The highest BCUT2D eigenvalue weighted by Gasteiger charge is 2.27. The van der Waals surface area contributed by atoms with Gasteiger partial charge in [0.15, 0.2) is 11.5 Å². The van der Waals surface area contributed by atoms with Crippen molar-refractivity contribution in [3.8, 4) is 17.3 Å². The number of nitrogens with one attached hydrogen (secondary N) is 1. The first-order valence-corrected chi connectivity index (χ1v) is 7.64. The number of anilines is 1. The van der Waals surface area contributed by atoms with Gasteiger partial charge < -0.3 is 9.42 Å². The highest BCUT2D eigenvalue weighted by atomic mass is 16.5. The van der Waals surface area contributed by atoms with Gasteiger partial charge in [-0.25, -0.2) is 9.97 Å². The molecule has 1 N–H and O–H groups in total. The lowest BCUT2D eigenvalue weighted by Gasteiger charge is -2.28. The number of hydrogen-bond acceptors (Lipinski definition) is 7. The summed E-state index contributed by atoms with van der Waals surface area (Å²) in [6.07, 6.45) is 3.94. The fourth-order valence-corrected chi connectivity index (χ4v) is 3.14. The molecule has 0 saturated heterocycles. The zero-order valence-corrected chi connectivity index (χ0v) is 13.4. The van der Waals surface area contributed by atoms with Crippen molar-refractivity contribution in [2.75, 3.05) is 11.4 Å². The average molecular weight is 321 g/mol. The van der Waals surface area contributed by atoms with Gasteiger partial charge >= 0.3 is 0 Å².